The Kier molecular flexibility index (Phi) is 4.57. The Labute approximate surface area is 174 Å². The van der Waals surface area contributed by atoms with Gasteiger partial charge in [0.25, 0.3) is 5.91 Å². The fraction of sp³-hybridized carbons (Fsp3) is 0.429. The molecule has 1 aliphatic carbocycles. The van der Waals surface area contributed by atoms with Crippen molar-refractivity contribution in [3.8, 4) is 0 Å². The van der Waals surface area contributed by atoms with Crippen LogP contribution in [0.15, 0.2) is 30.5 Å². The standard InChI is InChI=1S/C21H23N5O3S/c1-13-19-17(21(27)23-11-15-4-2-3-8-22-15)10-18(14-5-6-14)24-20(19)26(25-13)16-7-9-30(28,29)12-16/h2-4,8,10,14,16H,5-7,9,11-12H2,1H3,(H,23,27)/t16-/m1/s1. The minimum atomic E-state index is -3.06. The summed E-state index contributed by atoms with van der Waals surface area (Å²) in [6.45, 7) is 2.17. The number of nitrogens with zero attached hydrogens (tertiary/aromatic N) is 4. The topological polar surface area (TPSA) is 107 Å². The maximum atomic E-state index is 13.1. The molecule has 1 saturated carbocycles. The minimum Gasteiger partial charge on any atom is -0.346 e. The van der Waals surface area contributed by atoms with Gasteiger partial charge in [0, 0.05) is 17.8 Å². The lowest BCUT2D eigenvalue weighted by Gasteiger charge is -2.12. The molecule has 1 amide bonds. The molecule has 3 aromatic heterocycles. The number of carbonyl (C=O) groups excluding carboxylic acids is 1. The van der Waals surface area contributed by atoms with Crippen LogP contribution in [0.4, 0.5) is 0 Å². The van der Waals surface area contributed by atoms with Gasteiger partial charge in [0.2, 0.25) is 0 Å². The van der Waals surface area contributed by atoms with Gasteiger partial charge in [-0.1, -0.05) is 6.07 Å². The average molecular weight is 426 g/mol. The fourth-order valence-corrected chi connectivity index (χ4v) is 5.78. The van der Waals surface area contributed by atoms with Crippen molar-refractivity contribution in [3.05, 3.63) is 53.1 Å². The molecule has 156 valence electrons. The van der Waals surface area contributed by atoms with Crippen molar-refractivity contribution in [2.24, 2.45) is 0 Å². The van der Waals surface area contributed by atoms with E-state index in [1.165, 1.54) is 0 Å². The zero-order chi connectivity index (χ0) is 20.9. The summed E-state index contributed by atoms with van der Waals surface area (Å²) in [6.07, 6.45) is 4.33. The first-order valence-electron chi connectivity index (χ1n) is 10.2. The molecule has 2 aliphatic rings. The van der Waals surface area contributed by atoms with Crippen LogP contribution >= 0.6 is 0 Å². The Bertz CT molecular complexity index is 1230. The van der Waals surface area contributed by atoms with Gasteiger partial charge in [-0.2, -0.15) is 5.10 Å². The molecule has 1 N–H and O–H groups in total. The highest BCUT2D eigenvalue weighted by Crippen LogP contribution is 2.41. The van der Waals surface area contributed by atoms with E-state index in [0.717, 1.165) is 24.2 Å². The lowest BCUT2D eigenvalue weighted by Crippen LogP contribution is -2.24. The average Bonchev–Trinajstić information content (AvgIpc) is 3.45. The second kappa shape index (κ2) is 7.16. The Morgan fingerprint density at radius 2 is 2.10 bits per heavy atom. The van der Waals surface area contributed by atoms with E-state index < -0.39 is 9.84 Å². The quantitative estimate of drug-likeness (QED) is 0.672. The molecule has 2 fully saturated rings. The van der Waals surface area contributed by atoms with Crippen molar-refractivity contribution < 1.29 is 13.2 Å². The first-order valence-corrected chi connectivity index (χ1v) is 12.0. The van der Waals surface area contributed by atoms with Crippen molar-refractivity contribution in [2.45, 2.75) is 44.7 Å². The van der Waals surface area contributed by atoms with Crippen molar-refractivity contribution in [3.63, 3.8) is 0 Å². The fourth-order valence-electron chi connectivity index (χ4n) is 4.09. The highest BCUT2D eigenvalue weighted by molar-refractivity contribution is 7.91. The van der Waals surface area contributed by atoms with E-state index in [0.29, 0.717) is 41.2 Å². The van der Waals surface area contributed by atoms with Crippen LogP contribution in [-0.2, 0) is 16.4 Å². The second-order valence-electron chi connectivity index (χ2n) is 8.16. The third-order valence-electron chi connectivity index (χ3n) is 5.81. The van der Waals surface area contributed by atoms with E-state index >= 15 is 0 Å². The van der Waals surface area contributed by atoms with Crippen LogP contribution in [0.3, 0.4) is 0 Å². The summed E-state index contributed by atoms with van der Waals surface area (Å²) < 4.78 is 25.7. The zero-order valence-corrected chi connectivity index (χ0v) is 17.5. The maximum Gasteiger partial charge on any atom is 0.252 e. The summed E-state index contributed by atoms with van der Waals surface area (Å²) in [5, 5.41) is 8.26. The van der Waals surface area contributed by atoms with E-state index in [4.69, 9.17) is 4.98 Å². The molecule has 0 unspecified atom stereocenters. The molecule has 5 rings (SSSR count). The van der Waals surface area contributed by atoms with E-state index in [1.54, 1.807) is 10.9 Å². The number of rotatable bonds is 5. The number of amides is 1. The van der Waals surface area contributed by atoms with Crippen molar-refractivity contribution in [2.75, 3.05) is 11.5 Å². The molecule has 1 saturated heterocycles. The van der Waals surface area contributed by atoms with E-state index in [1.807, 2.05) is 31.2 Å². The van der Waals surface area contributed by atoms with Gasteiger partial charge in [-0.05, 0) is 44.4 Å². The van der Waals surface area contributed by atoms with Gasteiger partial charge in [-0.15, -0.1) is 0 Å². The van der Waals surface area contributed by atoms with Gasteiger partial charge >= 0.3 is 0 Å². The molecule has 0 bridgehead atoms. The van der Waals surface area contributed by atoms with Crippen LogP contribution in [0.5, 0.6) is 0 Å². The minimum absolute atomic E-state index is 0.0692. The first kappa shape index (κ1) is 19.2. The number of sulfone groups is 1. The number of hydrogen-bond acceptors (Lipinski definition) is 6. The van der Waals surface area contributed by atoms with Crippen LogP contribution < -0.4 is 5.32 Å². The number of nitrogens with one attached hydrogen (secondary N) is 1. The summed E-state index contributed by atoms with van der Waals surface area (Å²) in [6, 6.07) is 7.21. The number of carbonyl (C=O) groups is 1. The largest absolute Gasteiger partial charge is 0.346 e. The Balaban J connectivity index is 1.55. The molecule has 1 atom stereocenters. The predicted molar refractivity (Wildman–Crippen MR) is 112 cm³/mol. The van der Waals surface area contributed by atoms with Crippen molar-refractivity contribution in [1.29, 1.82) is 0 Å². The maximum absolute atomic E-state index is 13.1. The molecule has 0 radical (unpaired) electrons. The van der Waals surface area contributed by atoms with Crippen molar-refractivity contribution >= 4 is 26.8 Å². The van der Waals surface area contributed by atoms with Crippen LogP contribution in [0, 0.1) is 6.92 Å². The summed E-state index contributed by atoms with van der Waals surface area (Å²) in [4.78, 5) is 22.2. The first-order chi connectivity index (χ1) is 14.4. The van der Waals surface area contributed by atoms with Gasteiger partial charge in [-0.25, -0.2) is 18.1 Å². The second-order valence-corrected chi connectivity index (χ2v) is 10.4. The van der Waals surface area contributed by atoms with E-state index in [-0.39, 0.29) is 23.5 Å². The SMILES string of the molecule is Cc1nn([C@@H]2CCS(=O)(=O)C2)c2nc(C3CC3)cc(C(=O)NCc3ccccn3)c12. The Hall–Kier alpha value is -2.81. The van der Waals surface area contributed by atoms with E-state index in [2.05, 4.69) is 15.4 Å². The van der Waals surface area contributed by atoms with Crippen LogP contribution in [0.1, 0.15) is 58.7 Å². The van der Waals surface area contributed by atoms with Crippen molar-refractivity contribution in [1.82, 2.24) is 25.1 Å². The van der Waals surface area contributed by atoms with E-state index in [9.17, 15) is 13.2 Å². The third kappa shape index (κ3) is 3.58. The molecular formula is C21H23N5O3S. The smallest absolute Gasteiger partial charge is 0.252 e. The lowest BCUT2D eigenvalue weighted by molar-refractivity contribution is 0.0952. The van der Waals surface area contributed by atoms with Gasteiger partial charge < -0.3 is 5.32 Å². The highest BCUT2D eigenvalue weighted by atomic mass is 32.2. The normalized spacial score (nSPS) is 20.5. The molecular weight excluding hydrogens is 402 g/mol. The Morgan fingerprint density at radius 3 is 2.77 bits per heavy atom. The Morgan fingerprint density at radius 1 is 1.27 bits per heavy atom. The van der Waals surface area contributed by atoms with Crippen LogP contribution in [0.25, 0.3) is 11.0 Å². The summed E-state index contributed by atoms with van der Waals surface area (Å²) in [5.41, 5.74) is 3.51. The predicted octanol–water partition coefficient (Wildman–Crippen LogP) is 2.30. The third-order valence-corrected chi connectivity index (χ3v) is 7.56. The van der Waals surface area contributed by atoms with Gasteiger partial charge in [-0.3, -0.25) is 9.78 Å². The lowest BCUT2D eigenvalue weighted by atomic mass is 10.1. The number of hydrogen-bond donors (Lipinski definition) is 1. The van der Waals surface area contributed by atoms with Gasteiger partial charge in [0.05, 0.1) is 46.4 Å². The molecule has 1 aliphatic heterocycles. The summed E-state index contributed by atoms with van der Waals surface area (Å²) in [5.74, 6) is 0.391. The molecule has 3 aromatic rings. The van der Waals surface area contributed by atoms with Gasteiger partial charge in [0.1, 0.15) is 0 Å². The molecule has 9 heteroatoms. The van der Waals surface area contributed by atoms with Crippen LogP contribution in [-0.4, -0.2) is 45.6 Å². The van der Waals surface area contributed by atoms with Gasteiger partial charge in [0.15, 0.2) is 15.5 Å². The number of aryl methyl sites for hydroxylation is 1. The monoisotopic (exact) mass is 425 g/mol. The molecule has 8 nitrogen and oxygen atoms in total. The highest BCUT2D eigenvalue weighted by Gasteiger charge is 2.34. The zero-order valence-electron chi connectivity index (χ0n) is 16.7. The van der Waals surface area contributed by atoms with Crippen LogP contribution in [0.2, 0.25) is 0 Å². The molecule has 0 spiro atoms. The number of fused-ring (bicyclic) bond motifs is 1. The summed E-state index contributed by atoms with van der Waals surface area (Å²) >= 11 is 0. The molecule has 4 heterocycles. The molecule has 0 aromatic carbocycles. The summed E-state index contributed by atoms with van der Waals surface area (Å²) in [7, 11) is -3.06. The number of pyridine rings is 2. The molecule has 30 heavy (non-hydrogen) atoms. The number of aromatic nitrogens is 4.